The number of unbranched alkanes of at least 4 members (excludes halogenated alkanes) is 2. The molecule has 0 unspecified atom stereocenters. The van der Waals surface area contributed by atoms with Gasteiger partial charge < -0.3 is 4.90 Å². The first-order valence-corrected chi connectivity index (χ1v) is 8.82. The van der Waals surface area contributed by atoms with Gasteiger partial charge in [-0.1, -0.05) is 18.6 Å². The minimum Gasteiger partial charge on any atom is -0.342 e. The van der Waals surface area contributed by atoms with Gasteiger partial charge in [-0.25, -0.2) is 0 Å². The Labute approximate surface area is 146 Å². The Morgan fingerprint density at radius 1 is 0.880 bits per heavy atom. The molecule has 0 aliphatic carbocycles. The van der Waals surface area contributed by atoms with Gasteiger partial charge in [0.25, 0.3) is 11.8 Å². The van der Waals surface area contributed by atoms with Gasteiger partial charge in [-0.3, -0.25) is 24.1 Å². The predicted octanol–water partition coefficient (Wildman–Crippen LogP) is 2.03. The number of likely N-dealkylation sites (tertiary alicyclic amines) is 1. The van der Waals surface area contributed by atoms with Crippen LogP contribution in [0.2, 0.25) is 0 Å². The summed E-state index contributed by atoms with van der Waals surface area (Å²) in [6.07, 6.45) is 3.59. The van der Waals surface area contributed by atoms with E-state index in [0.717, 1.165) is 12.8 Å². The maximum Gasteiger partial charge on any atom is 0.261 e. The summed E-state index contributed by atoms with van der Waals surface area (Å²) in [5.74, 6) is -0.137. The number of carbonyl (C=O) groups is 4. The summed E-state index contributed by atoms with van der Waals surface area (Å²) in [6.45, 7) is 1.46. The predicted molar refractivity (Wildman–Crippen MR) is 91.1 cm³/mol. The summed E-state index contributed by atoms with van der Waals surface area (Å²) in [5.41, 5.74) is 0.949. The number of imide groups is 1. The Balaban J connectivity index is 1.38. The molecule has 0 spiro atoms. The van der Waals surface area contributed by atoms with Gasteiger partial charge in [-0.15, -0.1) is 0 Å². The number of Topliss-reactive ketones (excluding diaryl/α,β-unsaturated/α-hetero) is 1. The number of fused-ring (bicyclic) bond motifs is 1. The highest BCUT2D eigenvalue weighted by atomic mass is 16.2. The van der Waals surface area contributed by atoms with Crippen molar-refractivity contribution in [1.29, 1.82) is 0 Å². The van der Waals surface area contributed by atoms with E-state index < -0.39 is 0 Å². The maximum absolute atomic E-state index is 12.2. The Kier molecular flexibility index (Phi) is 5.26. The maximum atomic E-state index is 12.2. The normalized spacial score (nSPS) is 17.2. The van der Waals surface area contributed by atoms with Crippen LogP contribution in [-0.2, 0) is 9.59 Å². The third-order valence-corrected chi connectivity index (χ3v) is 4.82. The molecule has 0 saturated carbocycles. The van der Waals surface area contributed by atoms with Crippen molar-refractivity contribution in [2.24, 2.45) is 0 Å². The topological polar surface area (TPSA) is 74.8 Å². The van der Waals surface area contributed by atoms with Gasteiger partial charge >= 0.3 is 0 Å². The van der Waals surface area contributed by atoms with E-state index in [-0.39, 0.29) is 23.5 Å². The molecule has 0 N–H and O–H groups in total. The third-order valence-electron chi connectivity index (χ3n) is 4.82. The molecular formula is C19H22N2O4. The van der Waals surface area contributed by atoms with Crippen molar-refractivity contribution in [1.82, 2.24) is 9.80 Å². The summed E-state index contributed by atoms with van der Waals surface area (Å²) in [4.78, 5) is 50.8. The second-order valence-electron chi connectivity index (χ2n) is 6.54. The Morgan fingerprint density at radius 3 is 2.08 bits per heavy atom. The molecule has 2 aliphatic rings. The first kappa shape index (κ1) is 17.3. The molecule has 6 heteroatoms. The van der Waals surface area contributed by atoms with Crippen LogP contribution in [0.25, 0.3) is 0 Å². The molecule has 1 fully saturated rings. The van der Waals surface area contributed by atoms with Crippen LogP contribution in [0.5, 0.6) is 0 Å². The zero-order valence-corrected chi connectivity index (χ0v) is 14.2. The standard InChI is InChI=1S/C19H22N2O4/c22-14-9-12-20(13-10-14)17(23)8-2-1-5-11-21-18(24)15-6-3-4-7-16(15)19(21)25/h3-4,6-7H,1-2,5,8-13H2. The smallest absolute Gasteiger partial charge is 0.261 e. The average molecular weight is 342 g/mol. The number of piperidine rings is 1. The van der Waals surface area contributed by atoms with Crippen molar-refractivity contribution in [3.8, 4) is 0 Å². The minimum atomic E-state index is -0.227. The number of nitrogens with zero attached hydrogens (tertiary/aromatic N) is 2. The lowest BCUT2D eigenvalue weighted by atomic mass is 10.1. The summed E-state index contributed by atoms with van der Waals surface area (Å²) < 4.78 is 0. The molecule has 6 nitrogen and oxygen atoms in total. The van der Waals surface area contributed by atoms with Crippen LogP contribution in [0.4, 0.5) is 0 Å². The van der Waals surface area contributed by atoms with Crippen molar-refractivity contribution in [2.75, 3.05) is 19.6 Å². The third kappa shape index (κ3) is 3.78. The van der Waals surface area contributed by atoms with Crippen LogP contribution in [0, 0.1) is 0 Å². The van der Waals surface area contributed by atoms with Crippen molar-refractivity contribution in [2.45, 2.75) is 38.5 Å². The molecule has 0 aromatic heterocycles. The molecule has 1 saturated heterocycles. The summed E-state index contributed by atoms with van der Waals surface area (Å²) in [7, 11) is 0. The monoisotopic (exact) mass is 342 g/mol. The second-order valence-corrected chi connectivity index (χ2v) is 6.54. The zero-order valence-electron chi connectivity index (χ0n) is 14.2. The lowest BCUT2D eigenvalue weighted by Gasteiger charge is -2.26. The summed E-state index contributed by atoms with van der Waals surface area (Å²) in [5, 5.41) is 0. The summed E-state index contributed by atoms with van der Waals surface area (Å²) >= 11 is 0. The van der Waals surface area contributed by atoms with E-state index in [1.54, 1.807) is 29.2 Å². The van der Waals surface area contributed by atoms with E-state index in [4.69, 9.17) is 0 Å². The van der Waals surface area contributed by atoms with Crippen LogP contribution >= 0.6 is 0 Å². The number of ketones is 1. The van der Waals surface area contributed by atoms with Gasteiger partial charge in [-0.2, -0.15) is 0 Å². The van der Waals surface area contributed by atoms with Gasteiger partial charge in [0.2, 0.25) is 5.91 Å². The van der Waals surface area contributed by atoms with E-state index in [2.05, 4.69) is 0 Å². The SMILES string of the molecule is O=C1CCN(C(=O)CCCCCN2C(=O)c3ccccc3C2=O)CC1. The van der Waals surface area contributed by atoms with E-state index in [9.17, 15) is 19.2 Å². The van der Waals surface area contributed by atoms with Gasteiger partial charge in [0.15, 0.2) is 0 Å². The van der Waals surface area contributed by atoms with Crippen molar-refractivity contribution in [3.63, 3.8) is 0 Å². The van der Waals surface area contributed by atoms with Crippen LogP contribution in [-0.4, -0.2) is 52.9 Å². The fourth-order valence-corrected chi connectivity index (χ4v) is 3.33. The van der Waals surface area contributed by atoms with Crippen molar-refractivity contribution in [3.05, 3.63) is 35.4 Å². The second kappa shape index (κ2) is 7.59. The molecule has 2 aliphatic heterocycles. The van der Waals surface area contributed by atoms with Gasteiger partial charge in [0.05, 0.1) is 11.1 Å². The molecular weight excluding hydrogens is 320 g/mol. The highest BCUT2D eigenvalue weighted by molar-refractivity contribution is 6.21. The van der Waals surface area contributed by atoms with Crippen LogP contribution in [0.3, 0.4) is 0 Å². The largest absolute Gasteiger partial charge is 0.342 e. The van der Waals surface area contributed by atoms with Crippen LogP contribution in [0.15, 0.2) is 24.3 Å². The Bertz CT molecular complexity index is 668. The van der Waals surface area contributed by atoms with E-state index in [1.807, 2.05) is 0 Å². The molecule has 3 rings (SSSR count). The number of rotatable bonds is 6. The Hall–Kier alpha value is -2.50. The average Bonchev–Trinajstić information content (AvgIpc) is 2.87. The lowest BCUT2D eigenvalue weighted by Crippen LogP contribution is -2.38. The quantitative estimate of drug-likeness (QED) is 0.586. The highest BCUT2D eigenvalue weighted by Gasteiger charge is 2.34. The highest BCUT2D eigenvalue weighted by Crippen LogP contribution is 2.22. The Morgan fingerprint density at radius 2 is 1.48 bits per heavy atom. The molecule has 0 radical (unpaired) electrons. The number of hydrogen-bond donors (Lipinski definition) is 0. The fraction of sp³-hybridized carbons (Fsp3) is 0.474. The van der Waals surface area contributed by atoms with Gasteiger partial charge in [0, 0.05) is 38.9 Å². The molecule has 1 aromatic carbocycles. The zero-order chi connectivity index (χ0) is 17.8. The van der Waals surface area contributed by atoms with Gasteiger partial charge in [0.1, 0.15) is 5.78 Å². The first-order valence-electron chi connectivity index (χ1n) is 8.82. The number of hydrogen-bond acceptors (Lipinski definition) is 4. The van der Waals surface area contributed by atoms with Crippen molar-refractivity contribution >= 4 is 23.5 Å². The summed E-state index contributed by atoms with van der Waals surface area (Å²) in [6, 6.07) is 6.87. The van der Waals surface area contributed by atoms with Crippen LogP contribution in [0.1, 0.15) is 59.2 Å². The minimum absolute atomic E-state index is 0.0910. The number of amides is 3. The van der Waals surface area contributed by atoms with Crippen molar-refractivity contribution < 1.29 is 19.2 Å². The molecule has 0 atom stereocenters. The first-order chi connectivity index (χ1) is 12.1. The molecule has 2 heterocycles. The molecule has 3 amide bonds. The van der Waals surface area contributed by atoms with E-state index >= 15 is 0 Å². The fourth-order valence-electron chi connectivity index (χ4n) is 3.33. The van der Waals surface area contributed by atoms with E-state index in [1.165, 1.54) is 4.90 Å². The van der Waals surface area contributed by atoms with E-state index in [0.29, 0.717) is 56.4 Å². The lowest BCUT2D eigenvalue weighted by molar-refractivity contribution is -0.134. The molecule has 0 bridgehead atoms. The molecule has 132 valence electrons. The molecule has 25 heavy (non-hydrogen) atoms. The molecule has 1 aromatic rings. The van der Waals surface area contributed by atoms with Gasteiger partial charge in [-0.05, 0) is 25.0 Å². The number of carbonyl (C=O) groups excluding carboxylic acids is 4. The number of benzene rings is 1. The van der Waals surface area contributed by atoms with Crippen LogP contribution < -0.4 is 0 Å².